The lowest BCUT2D eigenvalue weighted by Crippen LogP contribution is -2.36. The van der Waals surface area contributed by atoms with E-state index >= 15 is 0 Å². The fourth-order valence-electron chi connectivity index (χ4n) is 1.35. The molecule has 1 aromatic rings. The van der Waals surface area contributed by atoms with Crippen molar-refractivity contribution in [2.75, 3.05) is 7.11 Å². The number of aromatic nitrogens is 1. The van der Waals surface area contributed by atoms with Crippen LogP contribution in [0.2, 0.25) is 0 Å². The Balaban J connectivity index is 2.41. The van der Waals surface area contributed by atoms with Crippen molar-refractivity contribution in [1.29, 1.82) is 0 Å². The molecule has 16 heavy (non-hydrogen) atoms. The average Bonchev–Trinajstić information content (AvgIpc) is 2.35. The van der Waals surface area contributed by atoms with E-state index in [-0.39, 0.29) is 17.9 Å². The van der Waals surface area contributed by atoms with Crippen LogP contribution in [0.25, 0.3) is 0 Å². The second-order valence-corrected chi connectivity index (χ2v) is 3.84. The highest BCUT2D eigenvalue weighted by molar-refractivity contribution is 5.72. The molecular weight excluding hydrogens is 204 g/mol. The lowest BCUT2D eigenvalue weighted by molar-refractivity contribution is -0.145. The molecule has 1 rings (SSSR count). The number of hydrogen-bond donors (Lipinski definition) is 1. The van der Waals surface area contributed by atoms with Gasteiger partial charge in [0.15, 0.2) is 0 Å². The van der Waals surface area contributed by atoms with Gasteiger partial charge in [0.1, 0.15) is 0 Å². The topological polar surface area (TPSA) is 51.2 Å². The van der Waals surface area contributed by atoms with Gasteiger partial charge >= 0.3 is 5.97 Å². The molecule has 0 aliphatic carbocycles. The monoisotopic (exact) mass is 222 g/mol. The molecule has 0 aromatic carbocycles. The average molecular weight is 222 g/mol. The van der Waals surface area contributed by atoms with E-state index in [9.17, 15) is 4.79 Å². The third-order valence-corrected chi connectivity index (χ3v) is 2.67. The van der Waals surface area contributed by atoms with Gasteiger partial charge in [0.25, 0.3) is 0 Å². The number of carbonyl (C=O) groups excluding carboxylic acids is 1. The van der Waals surface area contributed by atoms with Crippen molar-refractivity contribution in [3.63, 3.8) is 0 Å². The molecule has 0 aliphatic rings. The van der Waals surface area contributed by atoms with Gasteiger partial charge in [-0.25, -0.2) is 0 Å². The van der Waals surface area contributed by atoms with Crippen LogP contribution in [0.1, 0.15) is 19.4 Å². The van der Waals surface area contributed by atoms with Crippen molar-refractivity contribution in [2.24, 2.45) is 5.92 Å². The summed E-state index contributed by atoms with van der Waals surface area (Å²) < 4.78 is 4.69. The zero-order chi connectivity index (χ0) is 12.0. The van der Waals surface area contributed by atoms with Crippen LogP contribution in [0.15, 0.2) is 24.5 Å². The molecule has 0 spiro atoms. The molecule has 0 amide bonds. The largest absolute Gasteiger partial charge is 0.469 e. The van der Waals surface area contributed by atoms with Crippen LogP contribution in [-0.2, 0) is 16.1 Å². The fourth-order valence-corrected chi connectivity index (χ4v) is 1.35. The summed E-state index contributed by atoms with van der Waals surface area (Å²) in [5, 5.41) is 3.27. The molecule has 2 atom stereocenters. The smallest absolute Gasteiger partial charge is 0.309 e. The Kier molecular flexibility index (Phi) is 4.92. The molecule has 0 saturated carbocycles. The van der Waals surface area contributed by atoms with Crippen LogP contribution in [0, 0.1) is 5.92 Å². The Hall–Kier alpha value is -1.42. The molecule has 0 aliphatic heterocycles. The predicted molar refractivity (Wildman–Crippen MR) is 61.7 cm³/mol. The van der Waals surface area contributed by atoms with Crippen LogP contribution in [-0.4, -0.2) is 24.1 Å². The molecule has 2 unspecified atom stereocenters. The quantitative estimate of drug-likeness (QED) is 0.764. The number of ether oxygens (including phenoxy) is 1. The highest BCUT2D eigenvalue weighted by Gasteiger charge is 2.19. The SMILES string of the molecule is COC(=O)C(C)C(C)NCc1cccnc1. The Morgan fingerprint density at radius 3 is 2.88 bits per heavy atom. The van der Waals surface area contributed by atoms with Crippen LogP contribution >= 0.6 is 0 Å². The number of hydrogen-bond acceptors (Lipinski definition) is 4. The molecule has 1 heterocycles. The molecule has 0 fully saturated rings. The first kappa shape index (κ1) is 12.6. The number of rotatable bonds is 5. The zero-order valence-corrected chi connectivity index (χ0v) is 9.93. The number of carbonyl (C=O) groups is 1. The van der Waals surface area contributed by atoms with Crippen LogP contribution in [0.5, 0.6) is 0 Å². The van der Waals surface area contributed by atoms with Gasteiger partial charge in [0, 0.05) is 25.0 Å². The number of nitrogens with zero attached hydrogens (tertiary/aromatic N) is 1. The standard InChI is InChI=1S/C12H18N2O2/c1-9(12(15)16-3)10(2)14-8-11-5-4-6-13-7-11/h4-7,9-10,14H,8H2,1-3H3. The molecule has 1 N–H and O–H groups in total. The summed E-state index contributed by atoms with van der Waals surface area (Å²) in [5.74, 6) is -0.340. The predicted octanol–water partition coefficient (Wildman–Crippen LogP) is 1.37. The lowest BCUT2D eigenvalue weighted by atomic mass is 10.0. The number of esters is 1. The van der Waals surface area contributed by atoms with Crippen LogP contribution < -0.4 is 5.32 Å². The van der Waals surface area contributed by atoms with Crippen molar-refractivity contribution < 1.29 is 9.53 Å². The number of methoxy groups -OCH3 is 1. The summed E-state index contributed by atoms with van der Waals surface area (Å²) in [6.45, 7) is 4.53. The molecule has 1 aromatic heterocycles. The van der Waals surface area contributed by atoms with Gasteiger partial charge in [-0.1, -0.05) is 13.0 Å². The minimum atomic E-state index is -0.189. The van der Waals surface area contributed by atoms with Gasteiger partial charge in [-0.15, -0.1) is 0 Å². The lowest BCUT2D eigenvalue weighted by Gasteiger charge is -2.19. The Labute approximate surface area is 96.0 Å². The molecule has 0 saturated heterocycles. The third-order valence-electron chi connectivity index (χ3n) is 2.67. The first-order chi connectivity index (χ1) is 7.65. The highest BCUT2D eigenvalue weighted by Crippen LogP contribution is 2.05. The van der Waals surface area contributed by atoms with Crippen molar-refractivity contribution >= 4 is 5.97 Å². The van der Waals surface area contributed by atoms with Crippen molar-refractivity contribution in [3.8, 4) is 0 Å². The minimum absolute atomic E-state index is 0.0765. The second kappa shape index (κ2) is 6.23. The summed E-state index contributed by atoms with van der Waals surface area (Å²) >= 11 is 0. The van der Waals surface area contributed by atoms with E-state index in [1.807, 2.05) is 32.2 Å². The molecule has 4 nitrogen and oxygen atoms in total. The zero-order valence-electron chi connectivity index (χ0n) is 9.93. The molecular formula is C12H18N2O2. The molecule has 4 heteroatoms. The van der Waals surface area contributed by atoms with E-state index < -0.39 is 0 Å². The van der Waals surface area contributed by atoms with Gasteiger partial charge in [-0.2, -0.15) is 0 Å². The second-order valence-electron chi connectivity index (χ2n) is 3.84. The van der Waals surface area contributed by atoms with Gasteiger partial charge in [-0.3, -0.25) is 9.78 Å². The van der Waals surface area contributed by atoms with E-state index in [0.717, 1.165) is 5.56 Å². The van der Waals surface area contributed by atoms with Gasteiger partial charge in [-0.05, 0) is 18.6 Å². The summed E-state index contributed by atoms with van der Waals surface area (Å²) in [5.41, 5.74) is 1.10. The highest BCUT2D eigenvalue weighted by atomic mass is 16.5. The van der Waals surface area contributed by atoms with E-state index in [1.165, 1.54) is 7.11 Å². The first-order valence-corrected chi connectivity index (χ1v) is 5.35. The van der Waals surface area contributed by atoms with Crippen LogP contribution in [0.3, 0.4) is 0 Å². The maximum atomic E-state index is 11.3. The van der Waals surface area contributed by atoms with Crippen LogP contribution in [0.4, 0.5) is 0 Å². The first-order valence-electron chi connectivity index (χ1n) is 5.35. The number of nitrogens with one attached hydrogen (secondary N) is 1. The molecule has 0 radical (unpaired) electrons. The van der Waals surface area contributed by atoms with Crippen molar-refractivity contribution in [1.82, 2.24) is 10.3 Å². The van der Waals surface area contributed by atoms with Crippen molar-refractivity contribution in [2.45, 2.75) is 26.4 Å². The van der Waals surface area contributed by atoms with Gasteiger partial charge in [0.05, 0.1) is 13.0 Å². The normalized spacial score (nSPS) is 14.2. The molecule has 88 valence electrons. The summed E-state index contributed by atoms with van der Waals surface area (Å²) in [7, 11) is 1.41. The van der Waals surface area contributed by atoms with Gasteiger partial charge in [0.2, 0.25) is 0 Å². The maximum absolute atomic E-state index is 11.3. The summed E-state index contributed by atoms with van der Waals surface area (Å²) in [4.78, 5) is 15.3. The van der Waals surface area contributed by atoms with Crippen molar-refractivity contribution in [3.05, 3.63) is 30.1 Å². The number of pyridine rings is 1. The Morgan fingerprint density at radius 1 is 1.56 bits per heavy atom. The van der Waals surface area contributed by atoms with E-state index in [4.69, 9.17) is 4.74 Å². The summed E-state index contributed by atoms with van der Waals surface area (Å²) in [6.07, 6.45) is 3.55. The summed E-state index contributed by atoms with van der Waals surface area (Å²) in [6, 6.07) is 3.97. The van der Waals surface area contributed by atoms with E-state index in [2.05, 4.69) is 10.3 Å². The molecule has 0 bridgehead atoms. The fraction of sp³-hybridized carbons (Fsp3) is 0.500. The Bertz CT molecular complexity index is 327. The Morgan fingerprint density at radius 2 is 2.31 bits per heavy atom. The van der Waals surface area contributed by atoms with E-state index in [0.29, 0.717) is 6.54 Å². The minimum Gasteiger partial charge on any atom is -0.469 e. The van der Waals surface area contributed by atoms with E-state index in [1.54, 1.807) is 6.20 Å². The maximum Gasteiger partial charge on any atom is 0.309 e. The van der Waals surface area contributed by atoms with Gasteiger partial charge < -0.3 is 10.1 Å². The third kappa shape index (κ3) is 3.62.